The van der Waals surface area contributed by atoms with Crippen molar-refractivity contribution in [3.05, 3.63) is 40.5 Å². The first-order chi connectivity index (χ1) is 7.75. The van der Waals surface area contributed by atoms with E-state index in [4.69, 9.17) is 17.3 Å². The van der Waals surface area contributed by atoms with Gasteiger partial charge in [0.2, 0.25) is 0 Å². The second-order valence-corrected chi connectivity index (χ2v) is 4.24. The highest BCUT2D eigenvalue weighted by atomic mass is 35.5. The molecule has 0 spiro atoms. The van der Waals surface area contributed by atoms with E-state index in [-0.39, 0.29) is 0 Å². The van der Waals surface area contributed by atoms with Crippen molar-refractivity contribution in [3.63, 3.8) is 0 Å². The number of nitrogens with one attached hydrogen (secondary N) is 1. The van der Waals surface area contributed by atoms with Gasteiger partial charge in [-0.2, -0.15) is 5.10 Å². The molecule has 0 aliphatic carbocycles. The number of anilines is 1. The van der Waals surface area contributed by atoms with Crippen LogP contribution in [0.15, 0.2) is 24.3 Å². The normalized spacial score (nSPS) is 14.1. The molecule has 0 saturated carbocycles. The third-order valence-electron chi connectivity index (χ3n) is 2.75. The number of hydrogen-bond donors (Lipinski definition) is 2. The van der Waals surface area contributed by atoms with Gasteiger partial charge in [0, 0.05) is 23.7 Å². The van der Waals surface area contributed by atoms with Crippen LogP contribution in [0.25, 0.3) is 5.69 Å². The van der Waals surface area contributed by atoms with Crippen LogP contribution < -0.4 is 11.1 Å². The maximum absolute atomic E-state index is 6.05. The van der Waals surface area contributed by atoms with Gasteiger partial charge in [-0.15, -0.1) is 0 Å². The molecule has 0 unspecified atom stereocenters. The lowest BCUT2D eigenvalue weighted by Gasteiger charge is -2.05. The summed E-state index contributed by atoms with van der Waals surface area (Å²) in [7, 11) is 0. The Hall–Kier alpha value is -1.52. The van der Waals surface area contributed by atoms with Crippen LogP contribution in [-0.2, 0) is 13.1 Å². The monoisotopic (exact) mass is 234 g/mol. The Morgan fingerprint density at radius 3 is 3.00 bits per heavy atom. The van der Waals surface area contributed by atoms with Crippen LogP contribution in [0.3, 0.4) is 0 Å². The fourth-order valence-electron chi connectivity index (χ4n) is 1.96. The molecule has 0 saturated heterocycles. The standard InChI is InChI=1S/C11H11ClN4/c12-7-2-1-3-8(4-7)16-11(13)9-5-14-6-10(9)15-16/h1-4,14H,5-6,13H2. The lowest BCUT2D eigenvalue weighted by atomic mass is 10.3. The molecule has 2 heterocycles. The molecule has 3 rings (SSSR count). The van der Waals surface area contributed by atoms with Crippen LogP contribution in [-0.4, -0.2) is 9.78 Å². The minimum absolute atomic E-state index is 0.686. The number of rotatable bonds is 1. The van der Waals surface area contributed by atoms with Crippen molar-refractivity contribution in [2.75, 3.05) is 5.73 Å². The minimum Gasteiger partial charge on any atom is -0.383 e. The third-order valence-corrected chi connectivity index (χ3v) is 2.99. The van der Waals surface area contributed by atoms with Gasteiger partial charge in [0.05, 0.1) is 11.4 Å². The quantitative estimate of drug-likeness (QED) is 0.790. The first kappa shape index (κ1) is 9.69. The maximum Gasteiger partial charge on any atom is 0.132 e. The fourth-order valence-corrected chi connectivity index (χ4v) is 2.14. The molecule has 0 radical (unpaired) electrons. The van der Waals surface area contributed by atoms with Crippen molar-refractivity contribution in [2.24, 2.45) is 0 Å². The molecule has 1 aliphatic heterocycles. The lowest BCUT2D eigenvalue weighted by molar-refractivity contribution is 0.725. The highest BCUT2D eigenvalue weighted by molar-refractivity contribution is 6.30. The lowest BCUT2D eigenvalue weighted by Crippen LogP contribution is -2.08. The van der Waals surface area contributed by atoms with Gasteiger partial charge in [-0.3, -0.25) is 0 Å². The molecular formula is C11H11ClN4. The molecular weight excluding hydrogens is 224 g/mol. The number of fused-ring (bicyclic) bond motifs is 1. The molecule has 82 valence electrons. The Bertz CT molecular complexity index is 547. The molecule has 16 heavy (non-hydrogen) atoms. The van der Waals surface area contributed by atoms with E-state index in [0.717, 1.165) is 30.0 Å². The molecule has 0 fully saturated rings. The zero-order valence-corrected chi connectivity index (χ0v) is 9.33. The average molecular weight is 235 g/mol. The van der Waals surface area contributed by atoms with Gasteiger partial charge in [-0.05, 0) is 18.2 Å². The van der Waals surface area contributed by atoms with Gasteiger partial charge in [0.25, 0.3) is 0 Å². The van der Waals surface area contributed by atoms with E-state index in [0.29, 0.717) is 10.8 Å². The van der Waals surface area contributed by atoms with Crippen LogP contribution in [0.1, 0.15) is 11.3 Å². The van der Waals surface area contributed by atoms with Crippen molar-refractivity contribution in [2.45, 2.75) is 13.1 Å². The van der Waals surface area contributed by atoms with E-state index >= 15 is 0 Å². The molecule has 0 atom stereocenters. The predicted octanol–water partition coefficient (Wildman–Crippen LogP) is 1.71. The van der Waals surface area contributed by atoms with Crippen molar-refractivity contribution in [1.82, 2.24) is 15.1 Å². The van der Waals surface area contributed by atoms with E-state index in [1.807, 2.05) is 24.3 Å². The first-order valence-electron chi connectivity index (χ1n) is 5.08. The molecule has 4 nitrogen and oxygen atoms in total. The summed E-state index contributed by atoms with van der Waals surface area (Å²) in [6.07, 6.45) is 0. The Labute approximate surface area is 98.0 Å². The number of benzene rings is 1. The maximum atomic E-state index is 6.05. The number of nitrogen functional groups attached to an aromatic ring is 1. The zero-order valence-electron chi connectivity index (χ0n) is 8.57. The number of nitrogens with zero attached hydrogens (tertiary/aromatic N) is 2. The largest absolute Gasteiger partial charge is 0.383 e. The molecule has 1 aromatic heterocycles. The van der Waals surface area contributed by atoms with Crippen molar-refractivity contribution in [1.29, 1.82) is 0 Å². The summed E-state index contributed by atoms with van der Waals surface area (Å²) in [5, 5.41) is 8.37. The smallest absolute Gasteiger partial charge is 0.132 e. The third kappa shape index (κ3) is 1.38. The predicted molar refractivity (Wildman–Crippen MR) is 63.5 cm³/mol. The molecule has 0 amide bonds. The SMILES string of the molecule is Nc1c2c(nn1-c1cccc(Cl)c1)CNC2. The van der Waals surface area contributed by atoms with E-state index in [1.165, 1.54) is 0 Å². The molecule has 0 bridgehead atoms. The fraction of sp³-hybridized carbons (Fsp3) is 0.182. The number of halogens is 1. The highest BCUT2D eigenvalue weighted by Crippen LogP contribution is 2.25. The summed E-state index contributed by atoms with van der Waals surface area (Å²) in [5.41, 5.74) is 9.08. The van der Waals surface area contributed by atoms with Crippen molar-refractivity contribution >= 4 is 17.4 Å². The summed E-state index contributed by atoms with van der Waals surface area (Å²) in [4.78, 5) is 0. The van der Waals surface area contributed by atoms with Gasteiger partial charge >= 0.3 is 0 Å². The number of hydrogen-bond acceptors (Lipinski definition) is 3. The van der Waals surface area contributed by atoms with Crippen molar-refractivity contribution < 1.29 is 0 Å². The second kappa shape index (κ2) is 3.50. The van der Waals surface area contributed by atoms with Gasteiger partial charge in [0.1, 0.15) is 5.82 Å². The van der Waals surface area contributed by atoms with Gasteiger partial charge in [0.15, 0.2) is 0 Å². The van der Waals surface area contributed by atoms with Crippen LogP contribution in [0.2, 0.25) is 5.02 Å². The van der Waals surface area contributed by atoms with Gasteiger partial charge in [-0.25, -0.2) is 4.68 Å². The summed E-state index contributed by atoms with van der Waals surface area (Å²) in [6, 6.07) is 7.52. The summed E-state index contributed by atoms with van der Waals surface area (Å²) in [6.45, 7) is 1.58. The topological polar surface area (TPSA) is 55.9 Å². The van der Waals surface area contributed by atoms with E-state index in [2.05, 4.69) is 10.4 Å². The number of nitrogens with two attached hydrogens (primary N) is 1. The van der Waals surface area contributed by atoms with Crippen LogP contribution in [0.4, 0.5) is 5.82 Å². The first-order valence-corrected chi connectivity index (χ1v) is 5.46. The Morgan fingerprint density at radius 1 is 1.38 bits per heavy atom. The molecule has 3 N–H and O–H groups in total. The summed E-state index contributed by atoms with van der Waals surface area (Å²) in [5.74, 6) is 0.697. The highest BCUT2D eigenvalue weighted by Gasteiger charge is 2.20. The molecule has 1 aliphatic rings. The van der Waals surface area contributed by atoms with Crippen LogP contribution in [0, 0.1) is 0 Å². The molecule has 5 heteroatoms. The van der Waals surface area contributed by atoms with E-state index < -0.39 is 0 Å². The molecule has 2 aromatic rings. The van der Waals surface area contributed by atoms with Crippen molar-refractivity contribution in [3.8, 4) is 5.69 Å². The number of aromatic nitrogens is 2. The second-order valence-electron chi connectivity index (χ2n) is 3.81. The molecule has 1 aromatic carbocycles. The van der Waals surface area contributed by atoms with Crippen LogP contribution >= 0.6 is 11.6 Å². The summed E-state index contributed by atoms with van der Waals surface area (Å²) < 4.78 is 1.75. The summed E-state index contributed by atoms with van der Waals surface area (Å²) >= 11 is 5.95. The Balaban J connectivity index is 2.14. The van der Waals surface area contributed by atoms with E-state index in [9.17, 15) is 0 Å². The minimum atomic E-state index is 0.686. The van der Waals surface area contributed by atoms with Crippen LogP contribution in [0.5, 0.6) is 0 Å². The average Bonchev–Trinajstić information content (AvgIpc) is 2.82. The van der Waals surface area contributed by atoms with E-state index in [1.54, 1.807) is 4.68 Å². The van der Waals surface area contributed by atoms with Gasteiger partial charge in [-0.1, -0.05) is 17.7 Å². The zero-order chi connectivity index (χ0) is 11.1. The Morgan fingerprint density at radius 2 is 2.25 bits per heavy atom. The Kier molecular flexibility index (Phi) is 2.12. The van der Waals surface area contributed by atoms with Gasteiger partial charge < -0.3 is 11.1 Å².